The number of hydrogen-bond acceptors (Lipinski definition) is 6. The van der Waals surface area contributed by atoms with Crippen molar-refractivity contribution in [3.8, 4) is 11.5 Å². The predicted molar refractivity (Wildman–Crippen MR) is 67.9 cm³/mol. The van der Waals surface area contributed by atoms with Crippen molar-refractivity contribution >= 4 is 11.9 Å². The molecule has 0 aromatic heterocycles. The molecular formula is C14H14O6. The number of phenolic OH excluding ortho intramolecular Hbond substituents is 1. The number of hydrogen-bond donors (Lipinski definition) is 2. The van der Waals surface area contributed by atoms with Gasteiger partial charge in [0.2, 0.25) is 5.79 Å². The number of rotatable bonds is 3. The Morgan fingerprint density at radius 2 is 2.05 bits per heavy atom. The van der Waals surface area contributed by atoms with Crippen molar-refractivity contribution in [1.82, 2.24) is 0 Å². The van der Waals surface area contributed by atoms with Crippen LogP contribution < -0.4 is 4.74 Å². The lowest BCUT2D eigenvalue weighted by Gasteiger charge is -2.18. The predicted octanol–water partition coefficient (Wildman–Crippen LogP) is 1.19. The van der Waals surface area contributed by atoms with E-state index in [1.165, 1.54) is 25.1 Å². The minimum atomic E-state index is -1.97. The Morgan fingerprint density at radius 1 is 1.35 bits per heavy atom. The van der Waals surface area contributed by atoms with Gasteiger partial charge in [0.05, 0.1) is 0 Å². The van der Waals surface area contributed by atoms with Gasteiger partial charge in [-0.2, -0.15) is 0 Å². The van der Waals surface area contributed by atoms with Gasteiger partial charge in [-0.3, -0.25) is 4.79 Å². The molecule has 0 fully saturated rings. The summed E-state index contributed by atoms with van der Waals surface area (Å²) in [5, 5.41) is 19.3. The molecule has 1 heterocycles. The summed E-state index contributed by atoms with van der Waals surface area (Å²) in [5.74, 6) is -3.30. The van der Waals surface area contributed by atoms with Gasteiger partial charge in [0.25, 0.3) is 0 Å². The molecule has 0 aliphatic carbocycles. The van der Waals surface area contributed by atoms with Gasteiger partial charge in [0.1, 0.15) is 17.9 Å². The number of carbonyl (C=O) groups excluding carboxylic acids is 2. The number of esters is 2. The monoisotopic (exact) mass is 278 g/mol. The molecule has 0 radical (unpaired) electrons. The Kier molecular flexibility index (Phi) is 3.50. The molecule has 2 rings (SSSR count). The lowest BCUT2D eigenvalue weighted by atomic mass is 10.1. The Labute approximate surface area is 115 Å². The van der Waals surface area contributed by atoms with Crippen LogP contribution in [0.2, 0.25) is 0 Å². The zero-order chi connectivity index (χ0) is 14.9. The molecule has 6 nitrogen and oxygen atoms in total. The average molecular weight is 278 g/mol. The van der Waals surface area contributed by atoms with E-state index in [1.807, 2.05) is 0 Å². The van der Waals surface area contributed by atoms with Gasteiger partial charge >= 0.3 is 11.9 Å². The van der Waals surface area contributed by atoms with Gasteiger partial charge in [-0.15, -0.1) is 0 Å². The first-order valence-electron chi connectivity index (χ1n) is 5.94. The summed E-state index contributed by atoms with van der Waals surface area (Å²) in [6.07, 6.45) is 0.648. The number of carbonyl (C=O) groups is 2. The van der Waals surface area contributed by atoms with Crippen LogP contribution >= 0.6 is 0 Å². The second-order valence-corrected chi connectivity index (χ2v) is 4.72. The molecule has 1 aliphatic heterocycles. The third-order valence-electron chi connectivity index (χ3n) is 2.70. The molecule has 106 valence electrons. The number of aliphatic hydroxyl groups is 1. The van der Waals surface area contributed by atoms with Gasteiger partial charge in [-0.05, 0) is 37.6 Å². The minimum absolute atomic E-state index is 0.0328. The molecule has 1 aliphatic rings. The van der Waals surface area contributed by atoms with Crippen LogP contribution in [0.15, 0.2) is 29.8 Å². The highest BCUT2D eigenvalue weighted by Gasteiger charge is 2.39. The number of phenols is 1. The fourth-order valence-corrected chi connectivity index (χ4v) is 1.92. The maximum atomic E-state index is 11.7. The molecular weight excluding hydrogens is 264 g/mol. The normalized spacial score (nSPS) is 21.4. The molecule has 6 heteroatoms. The van der Waals surface area contributed by atoms with Crippen LogP contribution in [0.25, 0.3) is 0 Å². The molecule has 1 atom stereocenters. The van der Waals surface area contributed by atoms with Crippen LogP contribution in [0.5, 0.6) is 11.5 Å². The van der Waals surface area contributed by atoms with E-state index in [2.05, 4.69) is 0 Å². The summed E-state index contributed by atoms with van der Waals surface area (Å²) in [6, 6.07) is 4.34. The third kappa shape index (κ3) is 3.16. The van der Waals surface area contributed by atoms with Crippen LogP contribution in [0.1, 0.15) is 18.9 Å². The number of benzene rings is 1. The highest BCUT2D eigenvalue weighted by atomic mass is 16.7. The lowest BCUT2D eigenvalue weighted by Crippen LogP contribution is -2.32. The summed E-state index contributed by atoms with van der Waals surface area (Å²) in [4.78, 5) is 22.9. The van der Waals surface area contributed by atoms with Crippen LogP contribution in [0.4, 0.5) is 0 Å². The summed E-state index contributed by atoms with van der Waals surface area (Å²) in [6.45, 7) is 3.21. The highest BCUT2D eigenvalue weighted by Crippen LogP contribution is 2.27. The van der Waals surface area contributed by atoms with Crippen LogP contribution in [0.3, 0.4) is 0 Å². The summed E-state index contributed by atoms with van der Waals surface area (Å²) in [7, 11) is 0. The fourth-order valence-electron chi connectivity index (χ4n) is 1.92. The number of aromatic hydroxyl groups is 1. The Morgan fingerprint density at radius 3 is 2.60 bits per heavy atom. The first-order valence-corrected chi connectivity index (χ1v) is 5.94. The molecule has 0 unspecified atom stereocenters. The van der Waals surface area contributed by atoms with Crippen molar-refractivity contribution in [2.24, 2.45) is 0 Å². The Hall–Kier alpha value is -2.34. The fraction of sp³-hybridized carbons (Fsp3) is 0.286. The first-order chi connectivity index (χ1) is 9.27. The average Bonchev–Trinajstić information content (AvgIpc) is 2.49. The first kappa shape index (κ1) is 14.1. The standard InChI is InChI=1S/C14H14O6/c1-8-3-10(15)5-11(4-8)19-12(16)7-14(18)6-9(2)13(17)20-14/h3-6,15,18H,7H2,1-2H3/t14-/m1/s1. The molecule has 2 N–H and O–H groups in total. The lowest BCUT2D eigenvalue weighted by molar-refractivity contribution is -0.184. The molecule has 0 amide bonds. The molecule has 0 saturated carbocycles. The molecule has 0 bridgehead atoms. The minimum Gasteiger partial charge on any atom is -0.508 e. The van der Waals surface area contributed by atoms with E-state index in [4.69, 9.17) is 9.47 Å². The third-order valence-corrected chi connectivity index (χ3v) is 2.70. The number of ether oxygens (including phenoxy) is 2. The van der Waals surface area contributed by atoms with Gasteiger partial charge in [0, 0.05) is 11.6 Å². The summed E-state index contributed by atoms with van der Waals surface area (Å²) >= 11 is 0. The highest BCUT2D eigenvalue weighted by molar-refractivity contribution is 5.91. The zero-order valence-corrected chi connectivity index (χ0v) is 11.0. The van der Waals surface area contributed by atoms with Crippen LogP contribution in [-0.4, -0.2) is 27.9 Å². The maximum Gasteiger partial charge on any atom is 0.336 e. The summed E-state index contributed by atoms with van der Waals surface area (Å²) < 4.78 is 9.68. The van der Waals surface area contributed by atoms with E-state index in [-0.39, 0.29) is 17.1 Å². The quantitative estimate of drug-likeness (QED) is 0.637. The summed E-state index contributed by atoms with van der Waals surface area (Å²) in [5.41, 5.74) is 0.947. The van der Waals surface area contributed by atoms with Gasteiger partial charge < -0.3 is 19.7 Å². The van der Waals surface area contributed by atoms with E-state index in [0.29, 0.717) is 0 Å². The smallest absolute Gasteiger partial charge is 0.336 e. The Bertz CT molecular complexity index is 583. The van der Waals surface area contributed by atoms with Crippen molar-refractivity contribution in [2.45, 2.75) is 26.1 Å². The van der Waals surface area contributed by atoms with Gasteiger partial charge in [-0.25, -0.2) is 4.79 Å². The van der Waals surface area contributed by atoms with E-state index in [0.717, 1.165) is 5.56 Å². The molecule has 0 spiro atoms. The van der Waals surface area contributed by atoms with E-state index < -0.39 is 24.1 Å². The number of cyclic esters (lactones) is 1. The van der Waals surface area contributed by atoms with E-state index >= 15 is 0 Å². The second-order valence-electron chi connectivity index (χ2n) is 4.72. The number of aryl methyl sites for hydroxylation is 1. The van der Waals surface area contributed by atoms with Crippen molar-refractivity contribution in [2.75, 3.05) is 0 Å². The topological polar surface area (TPSA) is 93.1 Å². The van der Waals surface area contributed by atoms with E-state index in [1.54, 1.807) is 13.0 Å². The maximum absolute atomic E-state index is 11.7. The van der Waals surface area contributed by atoms with Crippen molar-refractivity contribution in [3.05, 3.63) is 35.4 Å². The van der Waals surface area contributed by atoms with Crippen molar-refractivity contribution in [1.29, 1.82) is 0 Å². The van der Waals surface area contributed by atoms with E-state index in [9.17, 15) is 19.8 Å². The molecule has 0 saturated heterocycles. The SMILES string of the molecule is CC1=C[C@](O)(CC(=O)Oc2cc(C)cc(O)c2)OC1=O. The van der Waals surface area contributed by atoms with Gasteiger partial charge in [-0.1, -0.05) is 0 Å². The van der Waals surface area contributed by atoms with Crippen LogP contribution in [-0.2, 0) is 14.3 Å². The van der Waals surface area contributed by atoms with Crippen molar-refractivity contribution in [3.63, 3.8) is 0 Å². The largest absolute Gasteiger partial charge is 0.508 e. The van der Waals surface area contributed by atoms with Gasteiger partial charge in [0.15, 0.2) is 0 Å². The van der Waals surface area contributed by atoms with Crippen LogP contribution in [0, 0.1) is 6.92 Å². The zero-order valence-electron chi connectivity index (χ0n) is 11.0. The second kappa shape index (κ2) is 4.97. The Balaban J connectivity index is 2.05. The molecule has 20 heavy (non-hydrogen) atoms. The molecule has 1 aromatic rings. The van der Waals surface area contributed by atoms with Crippen molar-refractivity contribution < 1.29 is 29.3 Å². The molecule has 1 aromatic carbocycles.